The first-order chi connectivity index (χ1) is 37.1. The Hall–Kier alpha value is -4.86. The average molecular weight is 1580 g/mol. The Morgan fingerprint density at radius 3 is 1.20 bits per heavy atom. The van der Waals surface area contributed by atoms with Crippen molar-refractivity contribution < 1.29 is 40.8 Å². The van der Waals surface area contributed by atoms with E-state index >= 15 is 0 Å². The molecule has 5 N–H and O–H groups in total. The molecule has 8 rings (SSSR count). The van der Waals surface area contributed by atoms with Crippen LogP contribution in [0.4, 0.5) is 29.0 Å². The quantitative estimate of drug-likeness (QED) is 0.0396. The van der Waals surface area contributed by atoms with Gasteiger partial charge in [-0.1, -0.05) is 46.4 Å². The molecule has 0 fully saturated rings. The zero-order valence-corrected chi connectivity index (χ0v) is 56.7. The molecular formula is C52H37Br3Cl5I2N14NaO2. The van der Waals surface area contributed by atoms with Crippen molar-refractivity contribution in [2.45, 2.75) is 34.6 Å². The van der Waals surface area contributed by atoms with Crippen molar-refractivity contribution in [1.29, 1.82) is 26.3 Å². The standard InChI is InChI=1S/C21H16BrN5O.C11H5BrCl2N4.C9H9NO.C7H6N2.C4BrCl3N2.I2.Na.H/c1-12-8-16(11-24)9-13(2)19(12)28-20-18(22)14(3)25-21(27-20)26-17-6-4-15(10-23)5-7-17;12-8-9(13)17-11(18-10(8)14)16-7-3-1-6(5-15)2-4-7;1-6-3-8(5-10)4-7(2)9(6)11;8-5-6-1-3-7(9)4-2-6;5-1-2(6)9-4(8)10-3(1)7;1-2;;/h4-9H,1-3H3,(H,25,26,27);1-4H,(H,16,17,18);3-4,11H,1-2H3;1-4H,9H2;;;;/q;;;;;;+1;-1. The summed E-state index contributed by atoms with van der Waals surface area (Å²) < 4.78 is 7.64. The number of nitrogens with two attached hydrogens (primary N) is 1. The second kappa shape index (κ2) is 35.8. The number of hydrogen-bond donors (Lipinski definition) is 4. The maximum absolute atomic E-state index is 9.32. The molecular weight excluding hydrogens is 1550 g/mol. The molecule has 3 aromatic heterocycles. The fourth-order valence-electron chi connectivity index (χ4n) is 5.84. The second-order valence-electron chi connectivity index (χ2n) is 15.2. The van der Waals surface area contributed by atoms with Crippen LogP contribution in [0.2, 0.25) is 25.9 Å². The number of phenolic OH excluding ortho intramolecular Hbond substituents is 1. The first-order valence-corrected chi connectivity index (χ1v) is 32.0. The summed E-state index contributed by atoms with van der Waals surface area (Å²) >= 11 is 42.2. The Bertz CT molecular complexity index is 3540. The molecule has 79 heavy (non-hydrogen) atoms. The van der Waals surface area contributed by atoms with Gasteiger partial charge in [-0.3, -0.25) is 0 Å². The SMILES string of the molecule is Cc1cc(C#N)cc(C)c1O.Cc1cc(C#N)cc(C)c1Oc1nc(Nc2ccc(C#N)cc2)nc(C)c1Br.Clc1nc(Cl)c(Br)c(Cl)n1.II.N#Cc1ccc(N)cc1.N#Cc1ccc(Nc2nc(Cl)c(Br)c(Cl)n2)cc1.[H-].[Na+]. The third-order valence-electron chi connectivity index (χ3n) is 9.49. The number of benzene rings is 5. The van der Waals surface area contributed by atoms with E-state index in [4.69, 9.17) is 94.8 Å². The molecule has 0 saturated heterocycles. The molecule has 0 unspecified atom stereocenters. The first kappa shape index (κ1) is 70.2. The number of anilines is 5. The normalized spacial score (nSPS) is 9.39. The molecule has 0 aliphatic rings. The predicted molar refractivity (Wildman–Crippen MR) is 336 cm³/mol. The van der Waals surface area contributed by atoms with E-state index in [0.717, 1.165) is 33.6 Å². The van der Waals surface area contributed by atoms with Crippen LogP contribution in [0, 0.1) is 91.3 Å². The van der Waals surface area contributed by atoms with E-state index in [2.05, 4.69) is 138 Å². The molecule has 0 saturated carbocycles. The van der Waals surface area contributed by atoms with Crippen LogP contribution in [-0.4, -0.2) is 35.0 Å². The van der Waals surface area contributed by atoms with Gasteiger partial charge < -0.3 is 27.6 Å². The van der Waals surface area contributed by atoms with Crippen LogP contribution in [-0.2, 0) is 0 Å². The number of nitrogen functional groups attached to an aromatic ring is 1. The zero-order valence-electron chi connectivity index (χ0n) is 42.9. The molecule has 0 atom stereocenters. The van der Waals surface area contributed by atoms with Crippen molar-refractivity contribution in [1.82, 2.24) is 29.9 Å². The summed E-state index contributed by atoms with van der Waals surface area (Å²) in [6, 6.07) is 37.8. The number of nitrogens with one attached hydrogen (secondary N) is 2. The number of phenols is 1. The van der Waals surface area contributed by atoms with Crippen LogP contribution in [0.25, 0.3) is 0 Å². The Labute approximate surface area is 553 Å². The van der Waals surface area contributed by atoms with Gasteiger partial charge in [0, 0.05) is 54.3 Å². The molecule has 0 amide bonds. The Morgan fingerprint density at radius 1 is 0.506 bits per heavy atom. The molecule has 5 aromatic carbocycles. The summed E-state index contributed by atoms with van der Waals surface area (Å²) in [5.74, 6) is 1.98. The minimum atomic E-state index is 0. The Balaban J connectivity index is 0.000000530. The largest absolute Gasteiger partial charge is 1.00 e. The Morgan fingerprint density at radius 2 is 0.835 bits per heavy atom. The van der Waals surface area contributed by atoms with Crippen molar-refractivity contribution in [2.24, 2.45) is 0 Å². The Kier molecular flexibility index (Phi) is 31.8. The number of aromatic hydroxyl groups is 1. The predicted octanol–water partition coefficient (Wildman–Crippen LogP) is 14.7. The fourth-order valence-corrected chi connectivity index (χ4v) is 7.49. The number of rotatable bonds is 6. The number of nitrogens with zero attached hydrogens (tertiary/aromatic N) is 11. The molecule has 0 aliphatic carbocycles. The average Bonchev–Trinajstić information content (AvgIpc) is 3.42. The van der Waals surface area contributed by atoms with Crippen LogP contribution >= 0.6 is 143 Å². The first-order valence-electron chi connectivity index (χ1n) is 21.4. The molecule has 3 heterocycles. The van der Waals surface area contributed by atoms with Gasteiger partial charge in [0.15, 0.2) is 0 Å². The van der Waals surface area contributed by atoms with E-state index < -0.39 is 0 Å². The monoisotopic (exact) mass is 1580 g/mol. The van der Waals surface area contributed by atoms with Crippen LogP contribution in [0.5, 0.6) is 17.4 Å². The van der Waals surface area contributed by atoms with Gasteiger partial charge in [0.1, 0.15) is 36.6 Å². The van der Waals surface area contributed by atoms with E-state index in [9.17, 15) is 5.11 Å². The maximum Gasteiger partial charge on any atom is 1.00 e. The molecule has 0 aliphatic heterocycles. The van der Waals surface area contributed by atoms with Crippen molar-refractivity contribution >= 4 is 172 Å². The van der Waals surface area contributed by atoms with Crippen LogP contribution < -0.4 is 50.7 Å². The minimum absolute atomic E-state index is 0. The number of hydrogen-bond acceptors (Lipinski definition) is 16. The van der Waals surface area contributed by atoms with Gasteiger partial charge in [0.2, 0.25) is 23.1 Å². The number of aromatic nitrogens is 6. The molecule has 0 bridgehead atoms. The molecule has 16 nitrogen and oxygen atoms in total. The van der Waals surface area contributed by atoms with Crippen molar-refractivity contribution in [3.8, 4) is 47.7 Å². The second-order valence-corrected chi connectivity index (χ2v) is 19.3. The topological polar surface area (TPSA) is 276 Å². The summed E-state index contributed by atoms with van der Waals surface area (Å²) in [4.78, 5) is 24.2. The summed E-state index contributed by atoms with van der Waals surface area (Å²) in [5.41, 5.74) is 14.5. The van der Waals surface area contributed by atoms with E-state index in [0.29, 0.717) is 70.2 Å². The van der Waals surface area contributed by atoms with Gasteiger partial charge in [-0.15, -0.1) is 0 Å². The van der Waals surface area contributed by atoms with Gasteiger partial charge in [-0.25, -0.2) is 15.0 Å². The summed E-state index contributed by atoms with van der Waals surface area (Å²) in [6.07, 6.45) is 0. The van der Waals surface area contributed by atoms with Gasteiger partial charge in [-0.05, 0) is 213 Å². The van der Waals surface area contributed by atoms with Gasteiger partial charge in [0.25, 0.3) is 0 Å². The number of nitriles is 5. The molecule has 398 valence electrons. The van der Waals surface area contributed by atoms with E-state index in [1.165, 1.54) is 0 Å². The van der Waals surface area contributed by atoms with Crippen LogP contribution in [0.1, 0.15) is 57.2 Å². The number of aryl methyl sites for hydroxylation is 5. The molecule has 0 spiro atoms. The van der Waals surface area contributed by atoms with Crippen molar-refractivity contribution in [2.75, 3.05) is 16.4 Å². The molecule has 0 radical (unpaired) electrons. The summed E-state index contributed by atoms with van der Waals surface area (Å²) in [7, 11) is 0. The van der Waals surface area contributed by atoms with Crippen LogP contribution in [0.15, 0.2) is 110 Å². The zero-order chi connectivity index (χ0) is 58.2. The van der Waals surface area contributed by atoms with E-state index in [1.807, 2.05) is 39.0 Å². The van der Waals surface area contributed by atoms with E-state index in [1.54, 1.807) is 111 Å². The van der Waals surface area contributed by atoms with Crippen molar-refractivity contribution in [3.05, 3.63) is 192 Å². The number of ether oxygens (including phenoxy) is 1. The van der Waals surface area contributed by atoms with Gasteiger partial charge in [-0.2, -0.15) is 41.3 Å². The third kappa shape index (κ3) is 22.9. The summed E-state index contributed by atoms with van der Waals surface area (Å²) in [6.45, 7) is 9.19. The van der Waals surface area contributed by atoms with Gasteiger partial charge >= 0.3 is 29.6 Å². The van der Waals surface area contributed by atoms with E-state index in [-0.39, 0.29) is 68.6 Å². The maximum atomic E-state index is 9.32. The fraction of sp³-hybridized carbons (Fsp3) is 0.0962. The minimum Gasteiger partial charge on any atom is -1.00 e. The van der Waals surface area contributed by atoms with Crippen LogP contribution in [0.3, 0.4) is 0 Å². The van der Waals surface area contributed by atoms with Crippen molar-refractivity contribution in [3.63, 3.8) is 0 Å². The third-order valence-corrected chi connectivity index (χ3v) is 14.1. The smallest absolute Gasteiger partial charge is 1.00 e. The molecule has 27 heteroatoms. The molecule has 8 aromatic rings. The number of halogens is 10. The van der Waals surface area contributed by atoms with Gasteiger partial charge in [0.05, 0.1) is 72.8 Å². The summed E-state index contributed by atoms with van der Waals surface area (Å²) in [5, 5.41) is 59.9.